The van der Waals surface area contributed by atoms with E-state index in [1.54, 1.807) is 0 Å². The molecule has 0 atom stereocenters. The number of hydrogen-bond donors (Lipinski definition) is 0. The van der Waals surface area contributed by atoms with Gasteiger partial charge in [0.05, 0.1) is 6.20 Å². The van der Waals surface area contributed by atoms with Crippen molar-refractivity contribution < 1.29 is 4.74 Å². The molecule has 0 aliphatic carbocycles. The molecule has 0 spiro atoms. The predicted molar refractivity (Wildman–Crippen MR) is 64.5 cm³/mol. The topological polar surface area (TPSA) is 27.1 Å². The Morgan fingerprint density at radius 1 is 1.38 bits per heavy atom. The third kappa shape index (κ3) is 2.85. The zero-order valence-electron chi connectivity index (χ0n) is 10.6. The molecule has 0 aromatic carbocycles. The van der Waals surface area contributed by atoms with Crippen LogP contribution in [0.25, 0.3) is 0 Å². The lowest BCUT2D eigenvalue weighted by molar-refractivity contribution is 0.0601. The summed E-state index contributed by atoms with van der Waals surface area (Å²) >= 11 is 0. The SMILES string of the molecule is CC(C)(C)c1cnn(CC2CCOCC2)c1. The molecule has 1 aromatic rings. The summed E-state index contributed by atoms with van der Waals surface area (Å²) in [5.74, 6) is 0.737. The normalized spacial score (nSPS) is 18.9. The molecule has 0 radical (unpaired) electrons. The quantitative estimate of drug-likeness (QED) is 0.769. The van der Waals surface area contributed by atoms with Crippen molar-refractivity contribution in [2.75, 3.05) is 13.2 Å². The maximum Gasteiger partial charge on any atom is 0.0527 e. The highest BCUT2D eigenvalue weighted by atomic mass is 16.5. The van der Waals surface area contributed by atoms with E-state index in [2.05, 4.69) is 36.7 Å². The highest BCUT2D eigenvalue weighted by Crippen LogP contribution is 2.22. The number of aromatic nitrogens is 2. The van der Waals surface area contributed by atoms with Crippen molar-refractivity contribution in [2.45, 2.75) is 45.6 Å². The zero-order valence-corrected chi connectivity index (χ0v) is 10.6. The van der Waals surface area contributed by atoms with Crippen LogP contribution in [0.4, 0.5) is 0 Å². The first-order chi connectivity index (χ1) is 7.55. The van der Waals surface area contributed by atoms with Gasteiger partial charge in [-0.05, 0) is 29.7 Å². The van der Waals surface area contributed by atoms with E-state index in [-0.39, 0.29) is 5.41 Å². The monoisotopic (exact) mass is 222 g/mol. The molecule has 1 saturated heterocycles. The minimum absolute atomic E-state index is 0.202. The highest BCUT2D eigenvalue weighted by Gasteiger charge is 2.18. The molecular formula is C13H22N2O. The van der Waals surface area contributed by atoms with E-state index in [1.165, 1.54) is 18.4 Å². The Balaban J connectivity index is 1.97. The van der Waals surface area contributed by atoms with Gasteiger partial charge in [-0.1, -0.05) is 20.8 Å². The smallest absolute Gasteiger partial charge is 0.0527 e. The second-order valence-electron chi connectivity index (χ2n) is 5.76. The molecule has 2 rings (SSSR count). The van der Waals surface area contributed by atoms with Gasteiger partial charge in [-0.25, -0.2) is 0 Å². The zero-order chi connectivity index (χ0) is 11.6. The van der Waals surface area contributed by atoms with Crippen LogP contribution in [0.2, 0.25) is 0 Å². The van der Waals surface area contributed by atoms with Gasteiger partial charge in [-0.2, -0.15) is 5.10 Å². The highest BCUT2D eigenvalue weighted by molar-refractivity contribution is 5.15. The van der Waals surface area contributed by atoms with Crippen molar-refractivity contribution in [1.82, 2.24) is 9.78 Å². The lowest BCUT2D eigenvalue weighted by Gasteiger charge is -2.21. The van der Waals surface area contributed by atoms with Gasteiger partial charge in [-0.3, -0.25) is 4.68 Å². The van der Waals surface area contributed by atoms with Gasteiger partial charge in [0.15, 0.2) is 0 Å². The summed E-state index contributed by atoms with van der Waals surface area (Å²) < 4.78 is 7.46. The van der Waals surface area contributed by atoms with Crippen molar-refractivity contribution in [3.8, 4) is 0 Å². The molecule has 0 unspecified atom stereocenters. The van der Waals surface area contributed by atoms with Gasteiger partial charge in [0.2, 0.25) is 0 Å². The molecule has 3 heteroatoms. The number of rotatable bonds is 2. The summed E-state index contributed by atoms with van der Waals surface area (Å²) in [6, 6.07) is 0. The fraction of sp³-hybridized carbons (Fsp3) is 0.769. The molecule has 1 aliphatic rings. The molecule has 1 aromatic heterocycles. The van der Waals surface area contributed by atoms with Crippen LogP contribution in [0.3, 0.4) is 0 Å². The standard InChI is InChI=1S/C13H22N2O/c1-13(2,3)12-8-14-15(10-12)9-11-4-6-16-7-5-11/h8,10-11H,4-7,9H2,1-3H3. The van der Waals surface area contributed by atoms with Gasteiger partial charge in [-0.15, -0.1) is 0 Å². The second-order valence-corrected chi connectivity index (χ2v) is 5.76. The minimum Gasteiger partial charge on any atom is -0.381 e. The minimum atomic E-state index is 0.202. The Kier molecular flexibility index (Phi) is 3.33. The summed E-state index contributed by atoms with van der Waals surface area (Å²) in [6.07, 6.45) is 6.53. The lowest BCUT2D eigenvalue weighted by atomic mass is 9.90. The molecule has 0 saturated carbocycles. The predicted octanol–water partition coefficient (Wildman–Crippen LogP) is 2.61. The van der Waals surface area contributed by atoms with Crippen LogP contribution in [-0.2, 0) is 16.7 Å². The molecular weight excluding hydrogens is 200 g/mol. The molecule has 0 bridgehead atoms. The van der Waals surface area contributed by atoms with Gasteiger partial charge >= 0.3 is 0 Å². The second kappa shape index (κ2) is 4.58. The third-order valence-electron chi connectivity index (χ3n) is 3.29. The first kappa shape index (κ1) is 11.6. The molecule has 1 aliphatic heterocycles. The van der Waals surface area contributed by atoms with Crippen LogP contribution in [0.5, 0.6) is 0 Å². The Hall–Kier alpha value is -0.830. The summed E-state index contributed by atoms with van der Waals surface area (Å²) in [4.78, 5) is 0. The van der Waals surface area contributed by atoms with Gasteiger partial charge < -0.3 is 4.74 Å². The van der Waals surface area contributed by atoms with Crippen LogP contribution in [0, 0.1) is 5.92 Å². The van der Waals surface area contributed by atoms with Crippen LogP contribution < -0.4 is 0 Å². The van der Waals surface area contributed by atoms with Crippen molar-refractivity contribution in [3.05, 3.63) is 18.0 Å². The molecule has 1 fully saturated rings. The van der Waals surface area contributed by atoms with E-state index in [9.17, 15) is 0 Å². The molecule has 90 valence electrons. The van der Waals surface area contributed by atoms with Gasteiger partial charge in [0, 0.05) is 26.0 Å². The average molecular weight is 222 g/mol. The molecule has 2 heterocycles. The number of hydrogen-bond acceptors (Lipinski definition) is 2. The van der Waals surface area contributed by atoms with E-state index < -0.39 is 0 Å². The van der Waals surface area contributed by atoms with Crippen LogP contribution in [0.15, 0.2) is 12.4 Å². The first-order valence-electron chi connectivity index (χ1n) is 6.16. The molecule has 3 nitrogen and oxygen atoms in total. The fourth-order valence-electron chi connectivity index (χ4n) is 2.04. The summed E-state index contributed by atoms with van der Waals surface area (Å²) in [7, 11) is 0. The van der Waals surface area contributed by atoms with Crippen LogP contribution in [-0.4, -0.2) is 23.0 Å². The van der Waals surface area contributed by atoms with E-state index >= 15 is 0 Å². The fourth-order valence-corrected chi connectivity index (χ4v) is 2.04. The van der Waals surface area contributed by atoms with Crippen molar-refractivity contribution in [2.24, 2.45) is 5.92 Å². The summed E-state index contributed by atoms with van der Waals surface area (Å²) in [5.41, 5.74) is 1.52. The third-order valence-corrected chi connectivity index (χ3v) is 3.29. The summed E-state index contributed by atoms with van der Waals surface area (Å²) in [5, 5.41) is 4.45. The molecule has 16 heavy (non-hydrogen) atoms. The Labute approximate surface area is 97.8 Å². The van der Waals surface area contributed by atoms with Crippen molar-refractivity contribution in [3.63, 3.8) is 0 Å². The van der Waals surface area contributed by atoms with Crippen molar-refractivity contribution in [1.29, 1.82) is 0 Å². The van der Waals surface area contributed by atoms with Gasteiger partial charge in [0.1, 0.15) is 0 Å². The maximum absolute atomic E-state index is 5.37. The average Bonchev–Trinajstić information content (AvgIpc) is 2.67. The van der Waals surface area contributed by atoms with Crippen molar-refractivity contribution >= 4 is 0 Å². The van der Waals surface area contributed by atoms with E-state index in [0.29, 0.717) is 0 Å². The van der Waals surface area contributed by atoms with Crippen LogP contribution >= 0.6 is 0 Å². The Morgan fingerprint density at radius 2 is 2.06 bits per heavy atom. The Morgan fingerprint density at radius 3 is 2.62 bits per heavy atom. The van der Waals surface area contributed by atoms with E-state index in [0.717, 1.165) is 25.7 Å². The van der Waals surface area contributed by atoms with E-state index in [4.69, 9.17) is 4.74 Å². The van der Waals surface area contributed by atoms with Crippen LogP contribution in [0.1, 0.15) is 39.2 Å². The van der Waals surface area contributed by atoms with E-state index in [1.807, 2.05) is 6.20 Å². The number of nitrogens with zero attached hydrogens (tertiary/aromatic N) is 2. The van der Waals surface area contributed by atoms with Gasteiger partial charge in [0.25, 0.3) is 0 Å². The largest absolute Gasteiger partial charge is 0.381 e. The number of ether oxygens (including phenoxy) is 1. The maximum atomic E-state index is 5.37. The lowest BCUT2D eigenvalue weighted by Crippen LogP contribution is -2.20. The molecule has 0 N–H and O–H groups in total. The Bertz CT molecular complexity index is 332. The first-order valence-corrected chi connectivity index (χ1v) is 6.16. The molecule has 0 amide bonds. The summed E-state index contributed by atoms with van der Waals surface area (Å²) in [6.45, 7) is 9.55.